The number of aryl methyl sites for hydroxylation is 1. The Hall–Kier alpha value is -2.98. The summed E-state index contributed by atoms with van der Waals surface area (Å²) in [6.07, 6.45) is 3.15. The van der Waals surface area contributed by atoms with Gasteiger partial charge in [0.15, 0.2) is 5.78 Å². The SMILES string of the molecule is Cc1ccc(C(=O)/C=C/c2ccccc2OC(=O)c2cccs2)cc1. The Labute approximate surface area is 150 Å². The average Bonchev–Trinajstić information content (AvgIpc) is 3.16. The monoisotopic (exact) mass is 348 g/mol. The van der Waals surface area contributed by atoms with Crippen molar-refractivity contribution in [1.82, 2.24) is 0 Å². The van der Waals surface area contributed by atoms with E-state index in [4.69, 9.17) is 4.74 Å². The van der Waals surface area contributed by atoms with Crippen LogP contribution in [0.5, 0.6) is 5.75 Å². The van der Waals surface area contributed by atoms with Gasteiger partial charge in [-0.3, -0.25) is 4.79 Å². The highest BCUT2D eigenvalue weighted by Crippen LogP contribution is 2.22. The maximum Gasteiger partial charge on any atom is 0.353 e. The predicted molar refractivity (Wildman–Crippen MR) is 100 cm³/mol. The second-order valence-corrected chi connectivity index (χ2v) is 6.42. The van der Waals surface area contributed by atoms with Crippen LogP contribution in [0.25, 0.3) is 6.08 Å². The third kappa shape index (κ3) is 4.31. The van der Waals surface area contributed by atoms with Crippen LogP contribution >= 0.6 is 11.3 Å². The quantitative estimate of drug-likeness (QED) is 0.276. The molecule has 2 aromatic carbocycles. The summed E-state index contributed by atoms with van der Waals surface area (Å²) in [5.74, 6) is -0.0750. The smallest absolute Gasteiger partial charge is 0.353 e. The minimum atomic E-state index is -0.402. The summed E-state index contributed by atoms with van der Waals surface area (Å²) in [6.45, 7) is 1.97. The van der Waals surface area contributed by atoms with Crippen LogP contribution in [0.15, 0.2) is 72.1 Å². The number of ketones is 1. The minimum Gasteiger partial charge on any atom is -0.422 e. The summed E-state index contributed by atoms with van der Waals surface area (Å²) < 4.78 is 5.45. The van der Waals surface area contributed by atoms with E-state index in [1.165, 1.54) is 17.4 Å². The second kappa shape index (κ2) is 7.73. The van der Waals surface area contributed by atoms with Crippen molar-refractivity contribution in [2.24, 2.45) is 0 Å². The van der Waals surface area contributed by atoms with E-state index in [9.17, 15) is 9.59 Å². The first kappa shape index (κ1) is 16.9. The zero-order valence-corrected chi connectivity index (χ0v) is 14.5. The van der Waals surface area contributed by atoms with Crippen molar-refractivity contribution in [3.05, 3.63) is 93.7 Å². The number of hydrogen-bond acceptors (Lipinski definition) is 4. The first-order valence-electron chi connectivity index (χ1n) is 7.77. The maximum atomic E-state index is 12.3. The molecule has 124 valence electrons. The maximum absolute atomic E-state index is 12.3. The molecule has 0 aliphatic heterocycles. The van der Waals surface area contributed by atoms with Gasteiger partial charge in [0.25, 0.3) is 0 Å². The molecule has 0 unspecified atom stereocenters. The number of benzene rings is 2. The van der Waals surface area contributed by atoms with E-state index < -0.39 is 5.97 Å². The number of rotatable bonds is 5. The van der Waals surface area contributed by atoms with Gasteiger partial charge in [-0.25, -0.2) is 4.79 Å². The van der Waals surface area contributed by atoms with E-state index in [1.807, 2.05) is 30.5 Å². The molecule has 0 fully saturated rings. The molecule has 3 nitrogen and oxygen atoms in total. The molecular weight excluding hydrogens is 332 g/mol. The van der Waals surface area contributed by atoms with E-state index in [0.29, 0.717) is 21.8 Å². The number of esters is 1. The van der Waals surface area contributed by atoms with Crippen LogP contribution in [0.1, 0.15) is 31.2 Å². The van der Waals surface area contributed by atoms with E-state index >= 15 is 0 Å². The highest BCUT2D eigenvalue weighted by atomic mass is 32.1. The Bertz CT molecular complexity index is 907. The van der Waals surface area contributed by atoms with Crippen molar-refractivity contribution in [3.8, 4) is 5.75 Å². The number of ether oxygens (including phenoxy) is 1. The van der Waals surface area contributed by atoms with Crippen LogP contribution in [-0.2, 0) is 0 Å². The number of carbonyl (C=O) groups is 2. The molecule has 1 heterocycles. The van der Waals surface area contributed by atoms with Gasteiger partial charge < -0.3 is 4.74 Å². The van der Waals surface area contributed by atoms with Gasteiger partial charge in [-0.2, -0.15) is 0 Å². The Morgan fingerprint density at radius 3 is 2.44 bits per heavy atom. The third-order valence-corrected chi connectivity index (χ3v) is 4.44. The summed E-state index contributed by atoms with van der Waals surface area (Å²) in [4.78, 5) is 24.9. The van der Waals surface area contributed by atoms with E-state index in [1.54, 1.807) is 48.5 Å². The van der Waals surface area contributed by atoms with Crippen LogP contribution in [0.4, 0.5) is 0 Å². The first-order chi connectivity index (χ1) is 12.1. The van der Waals surface area contributed by atoms with E-state index in [-0.39, 0.29) is 5.78 Å². The number of para-hydroxylation sites is 1. The second-order valence-electron chi connectivity index (χ2n) is 5.47. The third-order valence-electron chi connectivity index (χ3n) is 3.59. The fourth-order valence-corrected chi connectivity index (χ4v) is 2.83. The van der Waals surface area contributed by atoms with Crippen LogP contribution in [0.3, 0.4) is 0 Å². The lowest BCUT2D eigenvalue weighted by atomic mass is 10.1. The number of carbonyl (C=O) groups excluding carboxylic acids is 2. The molecule has 0 saturated carbocycles. The highest BCUT2D eigenvalue weighted by molar-refractivity contribution is 7.12. The highest BCUT2D eigenvalue weighted by Gasteiger charge is 2.11. The molecule has 1 aromatic heterocycles. The summed E-state index contributed by atoms with van der Waals surface area (Å²) in [5, 5.41) is 1.82. The normalized spacial score (nSPS) is 10.8. The topological polar surface area (TPSA) is 43.4 Å². The van der Waals surface area contributed by atoms with Gasteiger partial charge in [0.05, 0.1) is 0 Å². The number of hydrogen-bond donors (Lipinski definition) is 0. The Kier molecular flexibility index (Phi) is 5.21. The van der Waals surface area contributed by atoms with Gasteiger partial charge in [-0.05, 0) is 36.6 Å². The lowest BCUT2D eigenvalue weighted by molar-refractivity contribution is 0.0739. The molecule has 0 spiro atoms. The fourth-order valence-electron chi connectivity index (χ4n) is 2.24. The molecule has 0 aliphatic carbocycles. The van der Waals surface area contributed by atoms with Gasteiger partial charge in [0.2, 0.25) is 0 Å². The minimum absolute atomic E-state index is 0.0978. The summed E-state index contributed by atoms with van der Waals surface area (Å²) >= 11 is 1.33. The number of thiophene rings is 1. The standard InChI is InChI=1S/C21H16O3S/c1-15-8-10-16(11-9-15)18(22)13-12-17-5-2-3-6-19(17)24-21(23)20-7-4-14-25-20/h2-14H,1H3/b13-12+. The van der Waals surface area contributed by atoms with Crippen LogP contribution < -0.4 is 4.74 Å². The molecule has 3 rings (SSSR count). The Balaban J connectivity index is 1.77. The largest absolute Gasteiger partial charge is 0.422 e. The molecule has 0 bridgehead atoms. The average molecular weight is 348 g/mol. The van der Waals surface area contributed by atoms with Crippen molar-refractivity contribution in [2.75, 3.05) is 0 Å². The van der Waals surface area contributed by atoms with Gasteiger partial charge >= 0.3 is 5.97 Å². The van der Waals surface area contributed by atoms with Gasteiger partial charge in [0.1, 0.15) is 10.6 Å². The predicted octanol–water partition coefficient (Wildman–Crippen LogP) is 5.17. The van der Waals surface area contributed by atoms with Crippen molar-refractivity contribution in [3.63, 3.8) is 0 Å². The zero-order valence-electron chi connectivity index (χ0n) is 13.6. The molecule has 0 N–H and O–H groups in total. The molecule has 0 atom stereocenters. The zero-order chi connectivity index (χ0) is 17.6. The van der Waals surface area contributed by atoms with Gasteiger partial charge in [0, 0.05) is 11.1 Å². The van der Waals surface area contributed by atoms with E-state index in [0.717, 1.165) is 5.56 Å². The van der Waals surface area contributed by atoms with Crippen LogP contribution in [0, 0.1) is 6.92 Å². The molecule has 0 amide bonds. The molecule has 25 heavy (non-hydrogen) atoms. The molecule has 0 radical (unpaired) electrons. The molecule has 4 heteroatoms. The number of allylic oxidation sites excluding steroid dienone is 1. The van der Waals surface area contributed by atoms with Crippen molar-refractivity contribution >= 4 is 29.2 Å². The summed E-state index contributed by atoms with van der Waals surface area (Å²) in [6, 6.07) is 18.0. The Morgan fingerprint density at radius 2 is 1.72 bits per heavy atom. The molecule has 3 aromatic rings. The fraction of sp³-hybridized carbons (Fsp3) is 0.0476. The molecule has 0 saturated heterocycles. The van der Waals surface area contributed by atoms with Crippen LogP contribution in [-0.4, -0.2) is 11.8 Å². The Morgan fingerprint density at radius 1 is 0.960 bits per heavy atom. The summed E-state index contributed by atoms with van der Waals surface area (Å²) in [7, 11) is 0. The molecular formula is C21H16O3S. The van der Waals surface area contributed by atoms with Crippen molar-refractivity contribution in [1.29, 1.82) is 0 Å². The summed E-state index contributed by atoms with van der Waals surface area (Å²) in [5.41, 5.74) is 2.40. The van der Waals surface area contributed by atoms with Crippen LogP contribution in [0.2, 0.25) is 0 Å². The first-order valence-corrected chi connectivity index (χ1v) is 8.65. The van der Waals surface area contributed by atoms with Crippen molar-refractivity contribution < 1.29 is 14.3 Å². The molecule has 0 aliphatic rings. The van der Waals surface area contributed by atoms with Gasteiger partial charge in [-0.1, -0.05) is 54.1 Å². The lowest BCUT2D eigenvalue weighted by Gasteiger charge is -2.06. The van der Waals surface area contributed by atoms with E-state index in [2.05, 4.69) is 0 Å². The van der Waals surface area contributed by atoms with Gasteiger partial charge in [-0.15, -0.1) is 11.3 Å². The lowest BCUT2D eigenvalue weighted by Crippen LogP contribution is -2.07. The van der Waals surface area contributed by atoms with Crippen molar-refractivity contribution in [2.45, 2.75) is 6.92 Å².